The molecule has 5 aromatic rings. The number of hydrogen-bond acceptors (Lipinski definition) is 5. The smallest absolute Gasteiger partial charge is 0.335 e. The summed E-state index contributed by atoms with van der Waals surface area (Å²) in [5, 5.41) is 14.1. The topological polar surface area (TPSA) is 114 Å². The predicted molar refractivity (Wildman–Crippen MR) is 133 cm³/mol. The third-order valence-corrected chi connectivity index (χ3v) is 5.60. The van der Waals surface area contributed by atoms with Crippen molar-refractivity contribution in [2.24, 2.45) is 5.10 Å². The summed E-state index contributed by atoms with van der Waals surface area (Å²) in [5.41, 5.74) is 4.67. The molecule has 2 N–H and O–H groups in total. The summed E-state index contributed by atoms with van der Waals surface area (Å²) in [7, 11) is 0. The molecule has 0 bridgehead atoms. The van der Waals surface area contributed by atoms with Gasteiger partial charge >= 0.3 is 5.97 Å². The number of carbonyl (C=O) groups excluding carboxylic acids is 1. The van der Waals surface area contributed by atoms with Crippen molar-refractivity contribution in [3.05, 3.63) is 106 Å². The van der Waals surface area contributed by atoms with Crippen molar-refractivity contribution in [2.45, 2.75) is 6.54 Å². The Labute approximate surface area is 198 Å². The number of para-hydroxylation sites is 2. The minimum absolute atomic E-state index is 0.0298. The molecule has 0 aliphatic carbocycles. The molecule has 1 amide bonds. The first-order chi connectivity index (χ1) is 17.0. The lowest BCUT2D eigenvalue weighted by molar-refractivity contribution is -0.121. The predicted octanol–water partition coefficient (Wildman–Crippen LogP) is 4.26. The Hall–Kier alpha value is -4.98. The highest BCUT2D eigenvalue weighted by atomic mass is 16.4. The van der Waals surface area contributed by atoms with Gasteiger partial charge < -0.3 is 14.1 Å². The second-order valence-corrected chi connectivity index (χ2v) is 7.83. The Morgan fingerprint density at radius 2 is 1.51 bits per heavy atom. The molecule has 0 radical (unpaired) electrons. The second kappa shape index (κ2) is 9.11. The molecule has 5 rings (SSSR count). The van der Waals surface area contributed by atoms with Gasteiger partial charge in [0.05, 0.1) is 22.8 Å². The number of pyridine rings is 1. The van der Waals surface area contributed by atoms with Crippen molar-refractivity contribution >= 4 is 39.9 Å². The number of fused-ring (bicyclic) bond motifs is 2. The van der Waals surface area contributed by atoms with Gasteiger partial charge in [-0.2, -0.15) is 5.10 Å². The number of carboxylic acid groups (broad SMARTS) is 1. The number of carboxylic acids is 1. The molecule has 0 aliphatic rings. The average Bonchev–Trinajstić information content (AvgIpc) is 3.35. The maximum absolute atomic E-state index is 12.8. The molecule has 0 unspecified atom stereocenters. The molecule has 0 saturated heterocycles. The summed E-state index contributed by atoms with van der Waals surface area (Å²) in [6.45, 7) is -0.0298. The van der Waals surface area contributed by atoms with Crippen molar-refractivity contribution in [2.75, 3.05) is 0 Å². The van der Waals surface area contributed by atoms with E-state index < -0.39 is 5.97 Å². The second-order valence-electron chi connectivity index (χ2n) is 7.83. The monoisotopic (exact) mass is 465 g/mol. The van der Waals surface area contributed by atoms with Crippen LogP contribution < -0.4 is 10.9 Å². The molecule has 172 valence electrons. The van der Waals surface area contributed by atoms with Gasteiger partial charge in [-0.15, -0.1) is 0 Å². The number of nitrogens with zero attached hydrogens (tertiary/aromatic N) is 2. The molecule has 0 fully saturated rings. The molecule has 8 nitrogen and oxygen atoms in total. The highest BCUT2D eigenvalue weighted by Gasteiger charge is 2.12. The number of nitrogens with one attached hydrogen (secondary N) is 1. The SMILES string of the molecule is O=C(Cn1c2ccccc2c(=O)c2ccccc21)N/N=C/c1ccc(-c2ccc(C(=O)O)cc2)o1. The van der Waals surface area contributed by atoms with Crippen LogP contribution in [-0.2, 0) is 11.3 Å². The standard InChI is InChI=1S/C27H19N3O5/c31-25(16-30-22-7-3-1-5-20(22)26(32)21-6-2-4-8-23(21)30)29-28-15-19-13-14-24(35-19)17-9-11-18(12-10-17)27(33)34/h1-15H,16H2,(H,29,31)(H,33,34)/b28-15+. The zero-order valence-electron chi connectivity index (χ0n) is 18.3. The van der Waals surface area contributed by atoms with Gasteiger partial charge in [-0.25, -0.2) is 10.2 Å². The third-order valence-electron chi connectivity index (χ3n) is 5.60. The maximum atomic E-state index is 12.8. The lowest BCUT2D eigenvalue weighted by atomic mass is 10.1. The fourth-order valence-corrected chi connectivity index (χ4v) is 3.95. The van der Waals surface area contributed by atoms with Crippen molar-refractivity contribution < 1.29 is 19.1 Å². The van der Waals surface area contributed by atoms with Crippen LogP contribution in [0.5, 0.6) is 0 Å². The number of benzene rings is 3. The van der Waals surface area contributed by atoms with Crippen LogP contribution in [0.3, 0.4) is 0 Å². The largest absolute Gasteiger partial charge is 0.478 e. The van der Waals surface area contributed by atoms with Crippen molar-refractivity contribution in [3.63, 3.8) is 0 Å². The minimum atomic E-state index is -0.998. The van der Waals surface area contributed by atoms with Crippen molar-refractivity contribution in [1.82, 2.24) is 9.99 Å². The third kappa shape index (κ3) is 4.32. The Kier molecular flexibility index (Phi) is 5.68. The fraction of sp³-hybridized carbons (Fsp3) is 0.0370. The number of aromatic nitrogens is 1. The van der Waals surface area contributed by atoms with Gasteiger partial charge in [-0.3, -0.25) is 9.59 Å². The summed E-state index contributed by atoms with van der Waals surface area (Å²) >= 11 is 0. The van der Waals surface area contributed by atoms with Crippen LogP contribution in [-0.4, -0.2) is 27.8 Å². The highest BCUT2D eigenvalue weighted by molar-refractivity contribution is 5.95. The van der Waals surface area contributed by atoms with E-state index in [-0.39, 0.29) is 23.4 Å². The van der Waals surface area contributed by atoms with Crippen LogP contribution in [0.15, 0.2) is 99.2 Å². The van der Waals surface area contributed by atoms with E-state index in [2.05, 4.69) is 10.5 Å². The number of rotatable bonds is 6. The summed E-state index contributed by atoms with van der Waals surface area (Å²) in [6.07, 6.45) is 1.38. The van der Waals surface area contributed by atoms with Gasteiger partial charge in [0.15, 0.2) is 5.43 Å². The number of carbonyl (C=O) groups is 2. The number of hydrogen-bond donors (Lipinski definition) is 2. The molecule has 3 aromatic carbocycles. The van der Waals surface area contributed by atoms with Crippen LogP contribution in [0.2, 0.25) is 0 Å². The Morgan fingerprint density at radius 1 is 0.886 bits per heavy atom. The summed E-state index contributed by atoms with van der Waals surface area (Å²) in [5.74, 6) is -0.401. The van der Waals surface area contributed by atoms with Crippen LogP contribution >= 0.6 is 0 Å². The first kappa shape index (κ1) is 21.8. The summed E-state index contributed by atoms with van der Waals surface area (Å²) < 4.78 is 7.51. The van der Waals surface area contributed by atoms with Gasteiger partial charge in [0.1, 0.15) is 18.1 Å². The molecule has 0 atom stereocenters. The molecule has 0 spiro atoms. The van der Waals surface area contributed by atoms with E-state index in [9.17, 15) is 14.4 Å². The quantitative estimate of drug-likeness (QED) is 0.221. The van der Waals surface area contributed by atoms with Gasteiger partial charge in [0.2, 0.25) is 0 Å². The van der Waals surface area contributed by atoms with E-state index in [4.69, 9.17) is 9.52 Å². The van der Waals surface area contributed by atoms with E-state index in [1.54, 1.807) is 53.1 Å². The molecule has 2 aromatic heterocycles. The van der Waals surface area contributed by atoms with Gasteiger partial charge in [0.25, 0.3) is 5.91 Å². The normalized spacial score (nSPS) is 11.3. The average molecular weight is 465 g/mol. The van der Waals surface area contributed by atoms with E-state index in [1.807, 2.05) is 24.3 Å². The summed E-state index contributed by atoms with van der Waals surface area (Å²) in [6, 6.07) is 24.1. The Balaban J connectivity index is 1.33. The molecule has 2 heterocycles. The van der Waals surface area contributed by atoms with Gasteiger partial charge in [-0.05, 0) is 48.5 Å². The first-order valence-corrected chi connectivity index (χ1v) is 10.8. The van der Waals surface area contributed by atoms with Crippen molar-refractivity contribution in [3.8, 4) is 11.3 Å². The molecule has 0 aliphatic heterocycles. The Morgan fingerprint density at radius 3 is 2.14 bits per heavy atom. The first-order valence-electron chi connectivity index (χ1n) is 10.8. The number of aromatic carboxylic acids is 1. The number of furan rings is 1. The van der Waals surface area contributed by atoms with E-state index in [0.29, 0.717) is 33.3 Å². The van der Waals surface area contributed by atoms with Gasteiger partial charge in [0, 0.05) is 16.3 Å². The lowest BCUT2D eigenvalue weighted by Gasteiger charge is -2.14. The molecule has 0 saturated carbocycles. The van der Waals surface area contributed by atoms with Crippen LogP contribution in [0.4, 0.5) is 0 Å². The number of hydrazone groups is 1. The zero-order valence-corrected chi connectivity index (χ0v) is 18.3. The number of amides is 1. The minimum Gasteiger partial charge on any atom is -0.478 e. The van der Waals surface area contributed by atoms with Crippen LogP contribution in [0.1, 0.15) is 16.1 Å². The van der Waals surface area contributed by atoms with E-state index in [0.717, 1.165) is 5.56 Å². The Bertz CT molecular complexity index is 1600. The fourth-order valence-electron chi connectivity index (χ4n) is 3.95. The lowest BCUT2D eigenvalue weighted by Crippen LogP contribution is -2.25. The molecular formula is C27H19N3O5. The summed E-state index contributed by atoms with van der Waals surface area (Å²) in [4.78, 5) is 36.5. The molecular weight excluding hydrogens is 446 g/mol. The van der Waals surface area contributed by atoms with Crippen molar-refractivity contribution in [1.29, 1.82) is 0 Å². The maximum Gasteiger partial charge on any atom is 0.335 e. The van der Waals surface area contributed by atoms with Gasteiger partial charge in [-0.1, -0.05) is 36.4 Å². The van der Waals surface area contributed by atoms with E-state index in [1.165, 1.54) is 18.3 Å². The zero-order chi connectivity index (χ0) is 24.4. The molecule has 8 heteroatoms. The molecule has 35 heavy (non-hydrogen) atoms. The van der Waals surface area contributed by atoms with Crippen LogP contribution in [0.25, 0.3) is 33.1 Å². The van der Waals surface area contributed by atoms with Crippen LogP contribution in [0, 0.1) is 0 Å². The highest BCUT2D eigenvalue weighted by Crippen LogP contribution is 2.22. The van der Waals surface area contributed by atoms with E-state index >= 15 is 0 Å².